The van der Waals surface area contributed by atoms with Gasteiger partial charge >= 0.3 is 63.6 Å². The van der Waals surface area contributed by atoms with Gasteiger partial charge in [0.1, 0.15) is 0 Å². The van der Waals surface area contributed by atoms with E-state index in [0.29, 0.717) is 16.2 Å². The normalized spacial score (nSPS) is 2.60. The Morgan fingerprint density at radius 1 is 1.40 bits per heavy atom. The van der Waals surface area contributed by atoms with E-state index in [1.165, 1.54) is 0 Å². The molecule has 26 valence electrons. The van der Waals surface area contributed by atoms with Crippen LogP contribution in [-0.4, -0.2) is 47.1 Å². The van der Waals surface area contributed by atoms with Crippen LogP contribution in [0.2, 0.25) is 0 Å². The molecule has 0 bridgehead atoms. The minimum atomic E-state index is -0.931. The first kappa shape index (κ1) is 10.2. The molecule has 0 N–H and O–H groups in total. The standard InChI is InChI=1S/Al.Ca.2ClH.O.H/h;;2*1H;;/q;+2;;;;/p-2. The molecule has 0 saturated carbocycles. The summed E-state index contributed by atoms with van der Waals surface area (Å²) in [6.45, 7) is 0. The van der Waals surface area contributed by atoms with Crippen molar-refractivity contribution < 1.29 is 3.80 Å². The van der Waals surface area contributed by atoms with Gasteiger partial charge in [-0.05, 0) is 0 Å². The second-order valence-electron chi connectivity index (χ2n) is 0.101. The van der Waals surface area contributed by atoms with Gasteiger partial charge in [0.15, 0.2) is 0 Å². The summed E-state index contributed by atoms with van der Waals surface area (Å²) >= 11 is -0.319. The van der Waals surface area contributed by atoms with Crippen LogP contribution in [0.25, 0.3) is 0 Å². The van der Waals surface area contributed by atoms with Crippen LogP contribution in [0.1, 0.15) is 0 Å². The summed E-state index contributed by atoms with van der Waals surface area (Å²) in [6, 6.07) is 0. The molecule has 5 heteroatoms. The summed E-state index contributed by atoms with van der Waals surface area (Å²) in [7, 11) is 0. The Balaban J connectivity index is 0. The molecule has 0 heterocycles. The van der Waals surface area contributed by atoms with Crippen molar-refractivity contribution in [2.45, 2.75) is 0 Å². The zero-order valence-corrected chi connectivity index (χ0v) is 7.71. The van der Waals surface area contributed by atoms with E-state index in [2.05, 4.69) is 0 Å². The molecule has 0 aromatic heterocycles. The molecule has 0 aliphatic carbocycles. The molecular formula is HAlCaCl2O. The van der Waals surface area contributed by atoms with Gasteiger partial charge in [-0.3, -0.25) is 0 Å². The molecule has 0 saturated heterocycles. The average Bonchev–Trinajstić information content (AvgIpc) is 1.46. The summed E-state index contributed by atoms with van der Waals surface area (Å²) in [5.74, 6) is 0. The quantitative estimate of drug-likeness (QED) is 0.457. The summed E-state index contributed by atoms with van der Waals surface area (Å²) < 4.78 is 8.28. The predicted octanol–water partition coefficient (Wildman–Crippen LogP) is 0.231. The number of halogens is 2. The van der Waals surface area contributed by atoms with E-state index < -0.39 is 30.8 Å². The Bertz CT molecular complexity index is 13.6. The molecule has 0 atom stereocenters. The van der Waals surface area contributed by atoms with Crippen LogP contribution in [0.5, 0.6) is 0 Å². The first-order valence-corrected chi connectivity index (χ1v) is 7.48. The third kappa shape index (κ3) is 22.8. The van der Waals surface area contributed by atoms with Crippen molar-refractivity contribution in [2.75, 3.05) is 0 Å². The summed E-state index contributed by atoms with van der Waals surface area (Å²) in [5, 5.41) is 0. The molecule has 1 nitrogen and oxygen atoms in total. The maximum absolute atomic E-state index is 8.28. The molecule has 0 amide bonds. The van der Waals surface area contributed by atoms with Crippen molar-refractivity contribution in [3.05, 3.63) is 0 Å². The molecule has 0 rings (SSSR count). The molecule has 0 radical (unpaired) electrons. The molecule has 0 aromatic rings. The molecule has 5 heavy (non-hydrogen) atoms. The Labute approximate surface area is 62.4 Å². The first-order chi connectivity index (χ1) is 2.41. The monoisotopic (exact) mass is 154 g/mol. The van der Waals surface area contributed by atoms with Gasteiger partial charge in [-0.25, -0.2) is 0 Å². The number of hydrogen-bond acceptors (Lipinski definition) is 1. The topological polar surface area (TPSA) is 17.1 Å². The third-order valence-electron chi connectivity index (χ3n) is 0. The Morgan fingerprint density at radius 2 is 1.40 bits per heavy atom. The Kier molecular flexibility index (Phi) is 33.5. The molecular weight excluding hydrogens is 154 g/mol. The molecule has 0 spiro atoms. The van der Waals surface area contributed by atoms with Crippen LogP contribution < -0.4 is 0 Å². The van der Waals surface area contributed by atoms with Crippen LogP contribution in [0.3, 0.4) is 0 Å². The van der Waals surface area contributed by atoms with Gasteiger partial charge in [-0.2, -0.15) is 0 Å². The predicted molar refractivity (Wildman–Crippen MR) is 25.3 cm³/mol. The molecule has 0 aliphatic heterocycles. The van der Waals surface area contributed by atoms with Gasteiger partial charge in [0.05, 0.1) is 0 Å². The van der Waals surface area contributed by atoms with Crippen LogP contribution >= 0.6 is 12.8 Å². The molecule has 0 unspecified atom stereocenters. The van der Waals surface area contributed by atoms with Crippen LogP contribution in [-0.2, 0) is 3.80 Å². The Hall–Kier alpha value is 2.17. The van der Waals surface area contributed by atoms with Crippen molar-refractivity contribution in [1.29, 1.82) is 0 Å². The zero-order chi connectivity index (χ0) is 4.71. The second kappa shape index (κ2) is 16.4. The van der Waals surface area contributed by atoms with Gasteiger partial charge in [0.2, 0.25) is 0 Å². The van der Waals surface area contributed by atoms with E-state index in [0.717, 1.165) is 0 Å². The maximum atomic E-state index is 8.28. The van der Waals surface area contributed by atoms with Crippen molar-refractivity contribution in [3.8, 4) is 0 Å². The van der Waals surface area contributed by atoms with Crippen molar-refractivity contribution >= 4 is 59.8 Å². The SMILES string of the molecule is [Cl][Ca][Cl].[O]=[AlH]. The van der Waals surface area contributed by atoms with E-state index in [1.807, 2.05) is 0 Å². The summed E-state index contributed by atoms with van der Waals surface area (Å²) in [6.07, 6.45) is 9.90. The van der Waals surface area contributed by atoms with Crippen LogP contribution in [0.4, 0.5) is 0 Å². The number of hydrogen-bond donors (Lipinski definition) is 0. The average molecular weight is 155 g/mol. The van der Waals surface area contributed by atoms with Gasteiger partial charge < -0.3 is 0 Å². The second-order valence-corrected chi connectivity index (χ2v) is 3.75. The molecule has 0 aliphatic rings. The van der Waals surface area contributed by atoms with E-state index in [1.54, 1.807) is 0 Å². The fourth-order valence-electron chi connectivity index (χ4n) is 0. The van der Waals surface area contributed by atoms with Crippen LogP contribution in [0, 0.1) is 0 Å². The number of rotatable bonds is 0. The van der Waals surface area contributed by atoms with Gasteiger partial charge in [0.25, 0.3) is 0 Å². The fourth-order valence-corrected chi connectivity index (χ4v) is 0. The van der Waals surface area contributed by atoms with E-state index >= 15 is 0 Å². The van der Waals surface area contributed by atoms with Gasteiger partial charge in [-0.15, -0.1) is 0 Å². The summed E-state index contributed by atoms with van der Waals surface area (Å²) in [4.78, 5) is 0. The van der Waals surface area contributed by atoms with Gasteiger partial charge in [-0.1, -0.05) is 0 Å². The van der Waals surface area contributed by atoms with E-state index in [-0.39, 0.29) is 0 Å². The molecule has 0 aromatic carbocycles. The van der Waals surface area contributed by atoms with Crippen LogP contribution in [0.15, 0.2) is 0 Å². The fraction of sp³-hybridized carbons (Fsp3) is 0. The van der Waals surface area contributed by atoms with Crippen molar-refractivity contribution in [3.63, 3.8) is 0 Å². The molecule has 0 fully saturated rings. The minimum absolute atomic E-state index is 0.611. The zero-order valence-electron chi connectivity index (χ0n) is 2.58. The third-order valence-corrected chi connectivity index (χ3v) is 0. The van der Waals surface area contributed by atoms with E-state index in [9.17, 15) is 0 Å². The van der Waals surface area contributed by atoms with E-state index in [4.69, 9.17) is 16.6 Å². The Morgan fingerprint density at radius 3 is 1.40 bits per heavy atom. The summed E-state index contributed by atoms with van der Waals surface area (Å²) in [5.41, 5.74) is 0. The first-order valence-electron chi connectivity index (χ1n) is 0.823. The van der Waals surface area contributed by atoms with Crippen molar-refractivity contribution in [1.82, 2.24) is 0 Å². The van der Waals surface area contributed by atoms with Crippen molar-refractivity contribution in [2.24, 2.45) is 0 Å². The van der Waals surface area contributed by atoms with Gasteiger partial charge in [0, 0.05) is 0 Å².